The molecular weight excluding hydrogens is 226 g/mol. The maximum absolute atomic E-state index is 11.7. The van der Waals surface area contributed by atoms with Crippen LogP contribution < -0.4 is 4.90 Å². The summed E-state index contributed by atoms with van der Waals surface area (Å²) in [6, 6.07) is 0. The lowest BCUT2D eigenvalue weighted by molar-refractivity contribution is -0.138. The maximum Gasteiger partial charge on any atom is 0.325 e. The summed E-state index contributed by atoms with van der Waals surface area (Å²) in [6.45, 7) is -0.289. The Kier molecular flexibility index (Phi) is 1.86. The number of rotatable bonds is 3. The molecule has 2 unspecified atom stereocenters. The summed E-state index contributed by atoms with van der Waals surface area (Å²) in [5.74, 6) is -1.75. The van der Waals surface area contributed by atoms with Crippen LogP contribution in [0.25, 0.3) is 0 Å². The molecule has 1 aromatic rings. The van der Waals surface area contributed by atoms with Crippen LogP contribution in [0.4, 0.5) is 5.69 Å². The zero-order valence-electron chi connectivity index (χ0n) is 8.74. The number of nitrogens with zero attached hydrogens (tertiary/aromatic N) is 3. The van der Waals surface area contributed by atoms with Gasteiger partial charge in [0.25, 0.3) is 0 Å². The van der Waals surface area contributed by atoms with Crippen molar-refractivity contribution < 1.29 is 19.5 Å². The molecule has 7 heteroatoms. The molecule has 7 nitrogen and oxygen atoms in total. The molecule has 0 bridgehead atoms. The van der Waals surface area contributed by atoms with Crippen LogP contribution in [0.5, 0.6) is 0 Å². The number of imide groups is 1. The van der Waals surface area contributed by atoms with Gasteiger partial charge in [0.2, 0.25) is 11.8 Å². The Morgan fingerprint density at radius 2 is 2.06 bits per heavy atom. The Labute approximate surface area is 95.6 Å². The number of anilines is 1. The molecule has 1 saturated heterocycles. The van der Waals surface area contributed by atoms with Crippen LogP contribution in [0, 0.1) is 11.8 Å². The van der Waals surface area contributed by atoms with E-state index in [9.17, 15) is 14.4 Å². The van der Waals surface area contributed by atoms with E-state index in [4.69, 9.17) is 5.11 Å². The molecule has 1 saturated carbocycles. The van der Waals surface area contributed by atoms with Gasteiger partial charge in [0.05, 0.1) is 23.7 Å². The molecule has 1 N–H and O–H groups in total. The smallest absolute Gasteiger partial charge is 0.325 e. The van der Waals surface area contributed by atoms with Gasteiger partial charge in [-0.15, -0.1) is 0 Å². The molecule has 88 valence electrons. The molecule has 0 radical (unpaired) electrons. The zero-order valence-corrected chi connectivity index (χ0v) is 8.74. The topological polar surface area (TPSA) is 92.5 Å². The Morgan fingerprint density at radius 1 is 1.41 bits per heavy atom. The number of carbonyl (C=O) groups excluding carboxylic acids is 2. The van der Waals surface area contributed by atoms with E-state index in [1.165, 1.54) is 17.1 Å². The van der Waals surface area contributed by atoms with Crippen molar-refractivity contribution in [2.45, 2.75) is 13.0 Å². The fraction of sp³-hybridized carbons (Fsp3) is 0.400. The normalized spacial score (nSPS) is 26.2. The fourth-order valence-corrected chi connectivity index (χ4v) is 2.13. The van der Waals surface area contributed by atoms with Crippen molar-refractivity contribution in [3.63, 3.8) is 0 Å². The molecule has 2 aliphatic rings. The molecule has 2 heterocycles. The minimum atomic E-state index is -1.03. The lowest BCUT2D eigenvalue weighted by Gasteiger charge is -2.13. The third kappa shape index (κ3) is 1.42. The van der Waals surface area contributed by atoms with Crippen molar-refractivity contribution in [2.24, 2.45) is 11.8 Å². The number of hydrogen-bond acceptors (Lipinski definition) is 4. The highest BCUT2D eigenvalue weighted by Crippen LogP contribution is 2.48. The van der Waals surface area contributed by atoms with E-state index in [1.807, 2.05) is 0 Å². The first kappa shape index (κ1) is 10.0. The molecular formula is C10H9N3O4. The average molecular weight is 235 g/mol. The second-order valence-electron chi connectivity index (χ2n) is 4.25. The van der Waals surface area contributed by atoms with E-state index in [-0.39, 0.29) is 30.2 Å². The van der Waals surface area contributed by atoms with Crippen molar-refractivity contribution in [3.05, 3.63) is 12.4 Å². The minimum Gasteiger partial charge on any atom is -0.480 e. The van der Waals surface area contributed by atoms with E-state index >= 15 is 0 Å². The Bertz CT molecular complexity index is 515. The number of aliphatic carboxylic acids is 1. The summed E-state index contributed by atoms with van der Waals surface area (Å²) in [4.78, 5) is 35.1. The predicted molar refractivity (Wildman–Crippen MR) is 54.0 cm³/mol. The maximum atomic E-state index is 11.7. The second-order valence-corrected chi connectivity index (χ2v) is 4.25. The number of carbonyl (C=O) groups is 3. The molecule has 2 fully saturated rings. The van der Waals surface area contributed by atoms with Gasteiger partial charge >= 0.3 is 5.97 Å². The number of carboxylic acid groups (broad SMARTS) is 1. The van der Waals surface area contributed by atoms with Gasteiger partial charge < -0.3 is 5.11 Å². The molecule has 2 atom stereocenters. The van der Waals surface area contributed by atoms with E-state index in [1.54, 1.807) is 0 Å². The number of aromatic nitrogens is 2. The SMILES string of the molecule is O=C(O)Cn1cc(N2C(=O)C3CC3C2=O)cn1. The summed E-state index contributed by atoms with van der Waals surface area (Å²) in [6.07, 6.45) is 3.38. The second kappa shape index (κ2) is 3.16. The van der Waals surface area contributed by atoms with Crippen LogP contribution in [0.15, 0.2) is 12.4 Å². The van der Waals surface area contributed by atoms with Crippen LogP contribution in [-0.4, -0.2) is 32.7 Å². The van der Waals surface area contributed by atoms with Crippen molar-refractivity contribution in [1.29, 1.82) is 0 Å². The van der Waals surface area contributed by atoms with Crippen molar-refractivity contribution in [3.8, 4) is 0 Å². The van der Waals surface area contributed by atoms with Gasteiger partial charge in [-0.2, -0.15) is 5.10 Å². The quantitative estimate of drug-likeness (QED) is 0.711. The zero-order chi connectivity index (χ0) is 12.2. The molecule has 1 aromatic heterocycles. The van der Waals surface area contributed by atoms with E-state index in [0.717, 1.165) is 4.90 Å². The van der Waals surface area contributed by atoms with Crippen LogP contribution >= 0.6 is 0 Å². The first-order valence-electron chi connectivity index (χ1n) is 5.20. The highest BCUT2D eigenvalue weighted by atomic mass is 16.4. The van der Waals surface area contributed by atoms with E-state index in [2.05, 4.69) is 5.10 Å². The van der Waals surface area contributed by atoms with Crippen molar-refractivity contribution >= 4 is 23.5 Å². The van der Waals surface area contributed by atoms with Gasteiger partial charge in [-0.05, 0) is 6.42 Å². The monoisotopic (exact) mass is 235 g/mol. The third-order valence-electron chi connectivity index (χ3n) is 3.04. The van der Waals surface area contributed by atoms with Gasteiger partial charge in [-0.3, -0.25) is 19.1 Å². The molecule has 1 aliphatic heterocycles. The summed E-state index contributed by atoms with van der Waals surface area (Å²) in [7, 11) is 0. The average Bonchev–Trinajstić information content (AvgIpc) is 2.87. The summed E-state index contributed by atoms with van der Waals surface area (Å²) in [5.41, 5.74) is 0.355. The number of carboxylic acids is 1. The van der Waals surface area contributed by atoms with Gasteiger partial charge in [-0.1, -0.05) is 0 Å². The lowest BCUT2D eigenvalue weighted by Crippen LogP contribution is -2.32. The standard InChI is InChI=1S/C10H9N3O4/c14-8(15)4-12-3-5(2-11-12)13-9(16)6-1-7(6)10(13)17/h2-3,6-7H,1,4H2,(H,14,15). The number of amides is 2. The van der Waals surface area contributed by atoms with Crippen LogP contribution in [0.2, 0.25) is 0 Å². The summed E-state index contributed by atoms with van der Waals surface area (Å²) < 4.78 is 1.18. The van der Waals surface area contributed by atoms with Gasteiger partial charge in [-0.25, -0.2) is 4.90 Å². The van der Waals surface area contributed by atoms with Crippen LogP contribution in [0.3, 0.4) is 0 Å². The Morgan fingerprint density at radius 3 is 2.65 bits per heavy atom. The van der Waals surface area contributed by atoms with Gasteiger partial charge in [0.15, 0.2) is 0 Å². The predicted octanol–water partition coefficient (Wildman–Crippen LogP) is -0.523. The van der Waals surface area contributed by atoms with Crippen molar-refractivity contribution in [1.82, 2.24) is 9.78 Å². The van der Waals surface area contributed by atoms with E-state index in [0.29, 0.717) is 12.1 Å². The van der Waals surface area contributed by atoms with Crippen LogP contribution in [0.1, 0.15) is 6.42 Å². The Balaban J connectivity index is 1.85. The fourth-order valence-electron chi connectivity index (χ4n) is 2.13. The first-order chi connectivity index (χ1) is 8.08. The molecule has 3 rings (SSSR count). The molecule has 17 heavy (non-hydrogen) atoms. The summed E-state index contributed by atoms with van der Waals surface area (Å²) in [5, 5.41) is 12.4. The van der Waals surface area contributed by atoms with E-state index < -0.39 is 5.97 Å². The molecule has 2 amide bonds. The third-order valence-corrected chi connectivity index (χ3v) is 3.04. The summed E-state index contributed by atoms with van der Waals surface area (Å²) >= 11 is 0. The number of hydrogen-bond donors (Lipinski definition) is 1. The van der Waals surface area contributed by atoms with Crippen LogP contribution in [-0.2, 0) is 20.9 Å². The van der Waals surface area contributed by atoms with Gasteiger partial charge in [0.1, 0.15) is 6.54 Å². The molecule has 1 aliphatic carbocycles. The highest BCUT2D eigenvalue weighted by Gasteiger charge is 2.59. The molecule has 0 aromatic carbocycles. The van der Waals surface area contributed by atoms with Gasteiger partial charge in [0, 0.05) is 6.20 Å². The Hall–Kier alpha value is -2.18. The largest absolute Gasteiger partial charge is 0.480 e. The lowest BCUT2D eigenvalue weighted by atomic mass is 10.4. The van der Waals surface area contributed by atoms with Crippen molar-refractivity contribution in [2.75, 3.05) is 4.90 Å². The number of fused-ring (bicyclic) bond motifs is 1. The minimum absolute atomic E-state index is 0.162. The first-order valence-corrected chi connectivity index (χ1v) is 5.20. The number of piperidine rings is 1. The highest BCUT2D eigenvalue weighted by molar-refractivity contribution is 6.24. The molecule has 0 spiro atoms.